The van der Waals surface area contributed by atoms with Gasteiger partial charge in [-0.15, -0.1) is 0 Å². The van der Waals surface area contributed by atoms with Gasteiger partial charge in [-0.05, 0) is 66.9 Å². The maximum Gasteiger partial charge on any atom is 0.244 e. The number of nitrogens with zero attached hydrogens (tertiary/aromatic N) is 1. The van der Waals surface area contributed by atoms with Crippen molar-refractivity contribution in [1.82, 2.24) is 5.43 Å². The lowest BCUT2D eigenvalue weighted by molar-refractivity contribution is -0.120. The number of hydrogen-bond acceptors (Lipinski definition) is 5. The van der Waals surface area contributed by atoms with Crippen molar-refractivity contribution in [2.45, 2.75) is 26.9 Å². The molecule has 0 radical (unpaired) electrons. The van der Waals surface area contributed by atoms with E-state index in [0.29, 0.717) is 35.3 Å². The average molecular weight is 485 g/mol. The third-order valence-corrected chi connectivity index (χ3v) is 4.91. The van der Waals surface area contributed by atoms with Gasteiger partial charge < -0.3 is 14.2 Å². The van der Waals surface area contributed by atoms with E-state index in [1.165, 1.54) is 18.3 Å². The van der Waals surface area contributed by atoms with Crippen molar-refractivity contribution in [3.05, 3.63) is 88.2 Å². The Kier molecular flexibility index (Phi) is 9.29. The van der Waals surface area contributed by atoms with E-state index < -0.39 is 0 Å². The van der Waals surface area contributed by atoms with Crippen LogP contribution in [0.4, 0.5) is 4.39 Å². The molecule has 3 aromatic rings. The van der Waals surface area contributed by atoms with E-state index in [9.17, 15) is 9.18 Å². The van der Waals surface area contributed by atoms with Crippen LogP contribution >= 0.6 is 11.6 Å². The van der Waals surface area contributed by atoms with Gasteiger partial charge in [-0.2, -0.15) is 5.10 Å². The highest BCUT2D eigenvalue weighted by molar-refractivity contribution is 6.32. The van der Waals surface area contributed by atoms with Crippen LogP contribution < -0.4 is 19.6 Å². The summed E-state index contributed by atoms with van der Waals surface area (Å²) in [7, 11) is 0. The van der Waals surface area contributed by atoms with Crippen molar-refractivity contribution < 1.29 is 23.4 Å². The normalized spacial score (nSPS) is 10.8. The van der Waals surface area contributed by atoms with Crippen molar-refractivity contribution in [2.24, 2.45) is 5.10 Å². The topological polar surface area (TPSA) is 69.2 Å². The zero-order valence-corrected chi connectivity index (χ0v) is 19.8. The molecule has 0 spiro atoms. The van der Waals surface area contributed by atoms with Gasteiger partial charge in [0.1, 0.15) is 18.2 Å². The van der Waals surface area contributed by atoms with E-state index in [4.69, 9.17) is 25.8 Å². The third-order valence-electron chi connectivity index (χ3n) is 4.63. The molecular formula is C26H26ClFN2O4. The molecule has 0 fully saturated rings. The highest BCUT2D eigenvalue weighted by atomic mass is 35.5. The van der Waals surface area contributed by atoms with E-state index in [1.807, 2.05) is 38.1 Å². The first-order valence-electron chi connectivity index (χ1n) is 10.9. The van der Waals surface area contributed by atoms with Gasteiger partial charge in [0.25, 0.3) is 0 Å². The molecule has 0 aliphatic carbocycles. The lowest BCUT2D eigenvalue weighted by atomic mass is 10.1. The number of carbonyl (C=O) groups excluding carboxylic acids is 1. The highest BCUT2D eigenvalue weighted by Gasteiger charge is 2.13. The predicted molar refractivity (Wildman–Crippen MR) is 130 cm³/mol. The van der Waals surface area contributed by atoms with Gasteiger partial charge in [0.05, 0.1) is 30.9 Å². The van der Waals surface area contributed by atoms with E-state index in [0.717, 1.165) is 16.9 Å². The summed E-state index contributed by atoms with van der Waals surface area (Å²) in [5, 5.41) is 4.35. The summed E-state index contributed by atoms with van der Waals surface area (Å²) in [6.07, 6.45) is 1.67. The van der Waals surface area contributed by atoms with Gasteiger partial charge in [0.15, 0.2) is 11.5 Å². The second kappa shape index (κ2) is 12.6. The maximum absolute atomic E-state index is 13.1. The molecule has 0 aliphatic heterocycles. The standard InChI is InChI=1S/C26H26ClFN2O4/c1-3-32-22-11-7-18(8-12-22)15-25(31)30-29-16-20-13-23(27)26(24(14-20)33-4-2)34-17-19-5-9-21(28)10-6-19/h5-14,16H,3-4,15,17H2,1-2H3,(H,30,31)/b29-16-. The molecule has 34 heavy (non-hydrogen) atoms. The Morgan fingerprint density at radius 2 is 1.65 bits per heavy atom. The van der Waals surface area contributed by atoms with Gasteiger partial charge in [-0.1, -0.05) is 35.9 Å². The molecule has 0 aromatic heterocycles. The fraction of sp³-hybridized carbons (Fsp3) is 0.231. The van der Waals surface area contributed by atoms with E-state index >= 15 is 0 Å². The average Bonchev–Trinajstić information content (AvgIpc) is 2.81. The van der Waals surface area contributed by atoms with Crippen LogP contribution in [-0.2, 0) is 17.8 Å². The van der Waals surface area contributed by atoms with E-state index in [-0.39, 0.29) is 24.8 Å². The van der Waals surface area contributed by atoms with Gasteiger partial charge in [0.2, 0.25) is 5.91 Å². The smallest absolute Gasteiger partial charge is 0.244 e. The molecule has 3 aromatic carbocycles. The second-order valence-electron chi connectivity index (χ2n) is 7.23. The number of nitrogens with one attached hydrogen (secondary N) is 1. The first kappa shape index (κ1) is 25.1. The van der Waals surface area contributed by atoms with E-state index in [1.54, 1.807) is 24.3 Å². The Hall–Kier alpha value is -3.58. The van der Waals surface area contributed by atoms with Crippen molar-refractivity contribution in [3.63, 3.8) is 0 Å². The summed E-state index contributed by atoms with van der Waals surface area (Å²) >= 11 is 6.42. The summed E-state index contributed by atoms with van der Waals surface area (Å²) in [5.41, 5.74) is 4.78. The molecule has 0 aliphatic rings. The number of halogens is 2. The van der Waals surface area contributed by atoms with Crippen molar-refractivity contribution in [2.75, 3.05) is 13.2 Å². The minimum absolute atomic E-state index is 0.185. The second-order valence-corrected chi connectivity index (χ2v) is 7.63. The molecule has 0 bridgehead atoms. The van der Waals surface area contributed by atoms with Gasteiger partial charge in [0, 0.05) is 0 Å². The fourth-order valence-corrected chi connectivity index (χ4v) is 3.35. The molecule has 1 amide bonds. The van der Waals surface area contributed by atoms with Crippen LogP contribution in [0, 0.1) is 5.82 Å². The molecule has 0 heterocycles. The lowest BCUT2D eigenvalue weighted by Gasteiger charge is -2.14. The number of carbonyl (C=O) groups is 1. The lowest BCUT2D eigenvalue weighted by Crippen LogP contribution is -2.19. The fourth-order valence-electron chi connectivity index (χ4n) is 3.08. The Balaban J connectivity index is 1.62. The number of ether oxygens (including phenoxy) is 3. The van der Waals surface area contributed by atoms with Crippen LogP contribution in [0.5, 0.6) is 17.2 Å². The predicted octanol–water partition coefficient (Wildman–Crippen LogP) is 5.55. The summed E-state index contributed by atoms with van der Waals surface area (Å²) in [6, 6.07) is 16.7. The molecule has 0 atom stereocenters. The van der Waals surface area contributed by atoms with Gasteiger partial charge in [-0.3, -0.25) is 4.79 Å². The number of benzene rings is 3. The first-order valence-corrected chi connectivity index (χ1v) is 11.2. The van der Waals surface area contributed by atoms with Crippen LogP contribution in [0.25, 0.3) is 0 Å². The summed E-state index contributed by atoms with van der Waals surface area (Å²) in [5.74, 6) is 1.02. The molecule has 178 valence electrons. The Labute approximate surface area is 203 Å². The van der Waals surface area contributed by atoms with Crippen LogP contribution in [-0.4, -0.2) is 25.3 Å². The Bertz CT molecular complexity index is 1120. The van der Waals surface area contributed by atoms with Crippen LogP contribution in [0.15, 0.2) is 65.8 Å². The minimum atomic E-state index is -0.313. The third kappa shape index (κ3) is 7.49. The molecule has 6 nitrogen and oxygen atoms in total. The van der Waals surface area contributed by atoms with Gasteiger partial charge in [-0.25, -0.2) is 9.82 Å². The van der Waals surface area contributed by atoms with E-state index in [2.05, 4.69) is 10.5 Å². The molecule has 8 heteroatoms. The largest absolute Gasteiger partial charge is 0.494 e. The summed E-state index contributed by atoms with van der Waals surface area (Å²) in [6.45, 7) is 4.96. The molecule has 3 rings (SSSR count). The highest BCUT2D eigenvalue weighted by Crippen LogP contribution is 2.37. The molecule has 0 saturated carbocycles. The van der Waals surface area contributed by atoms with Crippen molar-refractivity contribution >= 4 is 23.7 Å². The summed E-state index contributed by atoms with van der Waals surface area (Å²) < 4.78 is 30.0. The van der Waals surface area contributed by atoms with Crippen LogP contribution in [0.2, 0.25) is 5.02 Å². The minimum Gasteiger partial charge on any atom is -0.494 e. The zero-order valence-electron chi connectivity index (χ0n) is 19.0. The van der Waals surface area contributed by atoms with Crippen LogP contribution in [0.3, 0.4) is 0 Å². The molecular weight excluding hydrogens is 459 g/mol. The maximum atomic E-state index is 13.1. The molecule has 0 saturated heterocycles. The Morgan fingerprint density at radius 3 is 2.32 bits per heavy atom. The number of hydrazone groups is 1. The van der Waals surface area contributed by atoms with Gasteiger partial charge >= 0.3 is 0 Å². The Morgan fingerprint density at radius 1 is 0.971 bits per heavy atom. The van der Waals surface area contributed by atoms with Crippen molar-refractivity contribution in [3.8, 4) is 17.2 Å². The van der Waals surface area contributed by atoms with Crippen LogP contribution in [0.1, 0.15) is 30.5 Å². The monoisotopic (exact) mass is 484 g/mol. The molecule has 0 unspecified atom stereocenters. The number of hydrogen-bond donors (Lipinski definition) is 1. The number of amides is 1. The summed E-state index contributed by atoms with van der Waals surface area (Å²) in [4.78, 5) is 12.2. The quantitative estimate of drug-likeness (QED) is 0.286. The zero-order chi connectivity index (χ0) is 24.3. The van der Waals surface area contributed by atoms with Crippen molar-refractivity contribution in [1.29, 1.82) is 0 Å². The first-order chi connectivity index (χ1) is 16.5. The molecule has 1 N–H and O–H groups in total. The SMILES string of the molecule is CCOc1ccc(CC(=O)N/N=C\c2cc(Cl)c(OCc3ccc(F)cc3)c(OCC)c2)cc1. The number of rotatable bonds is 11.